The number of carbonyl (C=O) groups excluding carboxylic acids is 2. The molecule has 35 heavy (non-hydrogen) atoms. The summed E-state index contributed by atoms with van der Waals surface area (Å²) in [6, 6.07) is 6.08. The van der Waals surface area contributed by atoms with Crippen LogP contribution in [0.25, 0.3) is 0 Å². The molecule has 1 aromatic carbocycles. The topological polar surface area (TPSA) is 109 Å². The summed E-state index contributed by atoms with van der Waals surface area (Å²) in [7, 11) is 0. The Morgan fingerprint density at radius 3 is 2.63 bits per heavy atom. The number of likely N-dealkylation sites (tertiary alicyclic amines) is 2. The predicted octanol–water partition coefficient (Wildman–Crippen LogP) is 2.52. The van der Waals surface area contributed by atoms with Crippen LogP contribution in [-0.2, 0) is 20.8 Å². The van der Waals surface area contributed by atoms with Gasteiger partial charge in [-0.2, -0.15) is 0 Å². The summed E-state index contributed by atoms with van der Waals surface area (Å²) in [5.41, 5.74) is -0.0360. The highest BCUT2D eigenvalue weighted by molar-refractivity contribution is 5.84. The average molecular weight is 486 g/mol. The Kier molecular flexibility index (Phi) is 7.18. The molecule has 2 fully saturated rings. The first-order chi connectivity index (χ1) is 16.7. The number of nitrogens with zero attached hydrogens (tertiary/aromatic N) is 5. The van der Waals surface area contributed by atoms with Gasteiger partial charge in [0.05, 0.1) is 23.1 Å². The Morgan fingerprint density at radius 2 is 1.97 bits per heavy atom. The maximum Gasteiger partial charge on any atom is 0.310 e. The van der Waals surface area contributed by atoms with Crippen molar-refractivity contribution in [1.29, 1.82) is 0 Å². The predicted molar refractivity (Wildman–Crippen MR) is 125 cm³/mol. The second kappa shape index (κ2) is 10.1. The fourth-order valence-corrected chi connectivity index (χ4v) is 5.19. The van der Waals surface area contributed by atoms with Gasteiger partial charge in [0.1, 0.15) is 5.82 Å². The summed E-state index contributed by atoms with van der Waals surface area (Å²) in [6.07, 6.45) is 3.41. The quantitative estimate of drug-likeness (QED) is 0.646. The van der Waals surface area contributed by atoms with Crippen LogP contribution >= 0.6 is 0 Å². The van der Waals surface area contributed by atoms with E-state index in [0.717, 1.165) is 0 Å². The second-order valence-corrected chi connectivity index (χ2v) is 9.64. The summed E-state index contributed by atoms with van der Waals surface area (Å²) >= 11 is 0. The molecule has 0 spiro atoms. The number of hydrogen-bond acceptors (Lipinski definition) is 5. The number of rotatable bonds is 7. The highest BCUT2D eigenvalue weighted by Crippen LogP contribution is 2.36. The van der Waals surface area contributed by atoms with Crippen LogP contribution in [0.4, 0.5) is 4.39 Å². The van der Waals surface area contributed by atoms with Crippen molar-refractivity contribution in [3.63, 3.8) is 0 Å². The molecular weight excluding hydrogens is 453 g/mol. The van der Waals surface area contributed by atoms with E-state index in [-0.39, 0.29) is 36.0 Å². The van der Waals surface area contributed by atoms with Crippen molar-refractivity contribution >= 4 is 17.8 Å². The van der Waals surface area contributed by atoms with Crippen molar-refractivity contribution in [2.75, 3.05) is 26.2 Å². The van der Waals surface area contributed by atoms with Crippen molar-refractivity contribution in [3.8, 4) is 0 Å². The average Bonchev–Trinajstić information content (AvgIpc) is 3.32. The lowest BCUT2D eigenvalue weighted by Gasteiger charge is -2.41. The lowest BCUT2D eigenvalue weighted by Crippen LogP contribution is -2.52. The molecule has 10 heteroatoms. The SMILES string of the molecule is CCN1CC(C(=O)N2CCC(Cc3cn(C(C)c4ccccc4F)nn3)(C(=O)O)CC2)CCC1=O. The summed E-state index contributed by atoms with van der Waals surface area (Å²) in [6.45, 7) is 5.43. The zero-order chi connectivity index (χ0) is 25.2. The van der Waals surface area contributed by atoms with E-state index in [9.17, 15) is 23.9 Å². The number of halogens is 1. The molecule has 3 heterocycles. The van der Waals surface area contributed by atoms with Gasteiger partial charge in [0, 0.05) is 50.8 Å². The number of benzene rings is 1. The minimum absolute atomic E-state index is 0.000374. The molecule has 2 atom stereocenters. The van der Waals surface area contributed by atoms with E-state index in [0.29, 0.717) is 63.1 Å². The highest BCUT2D eigenvalue weighted by Gasteiger charge is 2.44. The van der Waals surface area contributed by atoms with Gasteiger partial charge < -0.3 is 14.9 Å². The Hall–Kier alpha value is -3.30. The van der Waals surface area contributed by atoms with Gasteiger partial charge in [0.25, 0.3) is 0 Å². The van der Waals surface area contributed by atoms with Crippen molar-refractivity contribution in [2.45, 2.75) is 52.0 Å². The molecule has 2 aromatic rings. The number of aromatic nitrogens is 3. The molecule has 2 amide bonds. The van der Waals surface area contributed by atoms with Crippen molar-refractivity contribution in [1.82, 2.24) is 24.8 Å². The Bertz CT molecular complexity index is 1100. The number of carbonyl (C=O) groups is 3. The molecule has 0 saturated carbocycles. The fraction of sp³-hybridized carbons (Fsp3) is 0.560. The van der Waals surface area contributed by atoms with Gasteiger partial charge in [-0.05, 0) is 39.2 Å². The second-order valence-electron chi connectivity index (χ2n) is 9.64. The monoisotopic (exact) mass is 485 g/mol. The first kappa shape index (κ1) is 24.8. The van der Waals surface area contributed by atoms with Gasteiger partial charge in [0.2, 0.25) is 11.8 Å². The zero-order valence-electron chi connectivity index (χ0n) is 20.2. The summed E-state index contributed by atoms with van der Waals surface area (Å²) in [5.74, 6) is -1.40. The standard InChI is InChI=1S/C25H32FN5O4/c1-3-29-15-18(8-9-22(29)32)23(33)30-12-10-25(11-13-30,24(34)35)14-19-16-31(28-27-19)17(2)20-6-4-5-7-21(20)26/h4-7,16-18H,3,8-15H2,1-2H3,(H,34,35). The number of aliphatic carboxylic acids is 1. The zero-order valence-corrected chi connectivity index (χ0v) is 20.2. The first-order valence-corrected chi connectivity index (χ1v) is 12.2. The van der Waals surface area contributed by atoms with Gasteiger partial charge in [-0.1, -0.05) is 23.4 Å². The van der Waals surface area contributed by atoms with Gasteiger partial charge in [-0.3, -0.25) is 14.4 Å². The van der Waals surface area contributed by atoms with E-state index in [1.807, 2.05) is 13.8 Å². The number of carboxylic acids is 1. The van der Waals surface area contributed by atoms with Crippen LogP contribution in [0.3, 0.4) is 0 Å². The Balaban J connectivity index is 1.41. The molecule has 0 aliphatic carbocycles. The number of carboxylic acid groups (broad SMARTS) is 1. The van der Waals surface area contributed by atoms with Crippen LogP contribution in [0.15, 0.2) is 30.5 Å². The molecular formula is C25H32FN5O4. The van der Waals surface area contributed by atoms with Crippen molar-refractivity contribution < 1.29 is 23.9 Å². The van der Waals surface area contributed by atoms with Crippen LogP contribution in [0.2, 0.25) is 0 Å². The lowest BCUT2D eigenvalue weighted by molar-refractivity contribution is -0.156. The third kappa shape index (κ3) is 5.06. The minimum atomic E-state index is -1.04. The van der Waals surface area contributed by atoms with E-state index >= 15 is 0 Å². The normalized spacial score (nSPS) is 21.1. The third-order valence-corrected chi connectivity index (χ3v) is 7.55. The Labute approximate surface area is 203 Å². The molecule has 1 aromatic heterocycles. The lowest BCUT2D eigenvalue weighted by atomic mass is 9.74. The van der Waals surface area contributed by atoms with Gasteiger partial charge >= 0.3 is 5.97 Å². The summed E-state index contributed by atoms with van der Waals surface area (Å²) < 4.78 is 15.7. The largest absolute Gasteiger partial charge is 0.481 e. The maximum atomic E-state index is 14.2. The van der Waals surface area contributed by atoms with Crippen molar-refractivity contribution in [2.24, 2.45) is 11.3 Å². The molecule has 2 unspecified atom stereocenters. The van der Waals surface area contributed by atoms with Crippen LogP contribution in [-0.4, -0.2) is 73.9 Å². The molecule has 9 nitrogen and oxygen atoms in total. The van der Waals surface area contributed by atoms with E-state index in [1.54, 1.807) is 38.9 Å². The smallest absolute Gasteiger partial charge is 0.310 e. The van der Waals surface area contributed by atoms with Crippen LogP contribution < -0.4 is 0 Å². The summed E-state index contributed by atoms with van der Waals surface area (Å²) in [4.78, 5) is 40.8. The first-order valence-electron chi connectivity index (χ1n) is 12.2. The van der Waals surface area contributed by atoms with Crippen LogP contribution in [0.5, 0.6) is 0 Å². The van der Waals surface area contributed by atoms with Gasteiger partial charge in [-0.15, -0.1) is 5.10 Å². The fourth-order valence-electron chi connectivity index (χ4n) is 5.19. The van der Waals surface area contributed by atoms with Crippen molar-refractivity contribution in [3.05, 3.63) is 47.5 Å². The van der Waals surface area contributed by atoms with Crippen LogP contribution in [0.1, 0.15) is 56.8 Å². The van der Waals surface area contributed by atoms with E-state index in [1.165, 1.54) is 6.07 Å². The number of piperidine rings is 2. The molecule has 1 N–H and O–H groups in total. The molecule has 188 valence electrons. The molecule has 2 aliphatic rings. The van der Waals surface area contributed by atoms with E-state index in [2.05, 4.69) is 10.3 Å². The number of amides is 2. The van der Waals surface area contributed by atoms with Gasteiger partial charge in [-0.25, -0.2) is 9.07 Å². The molecule has 4 rings (SSSR count). The summed E-state index contributed by atoms with van der Waals surface area (Å²) in [5, 5.41) is 18.4. The molecule has 2 aliphatic heterocycles. The number of hydrogen-bond donors (Lipinski definition) is 1. The molecule has 0 radical (unpaired) electrons. The van der Waals surface area contributed by atoms with Crippen LogP contribution in [0, 0.1) is 17.2 Å². The molecule has 2 saturated heterocycles. The Morgan fingerprint density at radius 1 is 1.26 bits per heavy atom. The van der Waals surface area contributed by atoms with E-state index in [4.69, 9.17) is 0 Å². The van der Waals surface area contributed by atoms with Gasteiger partial charge in [0.15, 0.2) is 0 Å². The minimum Gasteiger partial charge on any atom is -0.481 e. The maximum absolute atomic E-state index is 14.2. The molecule has 0 bridgehead atoms. The highest BCUT2D eigenvalue weighted by atomic mass is 19.1. The third-order valence-electron chi connectivity index (χ3n) is 7.55. The van der Waals surface area contributed by atoms with E-state index < -0.39 is 11.4 Å².